The van der Waals surface area contributed by atoms with Crippen molar-refractivity contribution in [1.82, 2.24) is 4.57 Å². The Morgan fingerprint density at radius 1 is 1.31 bits per heavy atom. The first-order valence-corrected chi connectivity index (χ1v) is 5.26. The van der Waals surface area contributed by atoms with Crippen LogP contribution in [-0.2, 0) is 13.2 Å². The minimum absolute atomic E-state index is 0.00385. The summed E-state index contributed by atoms with van der Waals surface area (Å²) < 4.78 is 14.9. The Bertz CT molecular complexity index is 496. The van der Waals surface area contributed by atoms with Crippen molar-refractivity contribution in [2.45, 2.75) is 13.2 Å². The average molecular weight is 240 g/mol. The molecule has 0 bridgehead atoms. The summed E-state index contributed by atoms with van der Waals surface area (Å²) in [6.45, 7) is 0.500. The maximum absolute atomic E-state index is 13.0. The summed E-state index contributed by atoms with van der Waals surface area (Å²) in [5, 5.41) is 9.46. The highest BCUT2D eigenvalue weighted by Gasteiger charge is 2.03. The quantitative estimate of drug-likeness (QED) is 0.876. The lowest BCUT2D eigenvalue weighted by Gasteiger charge is -2.05. The number of benzene rings is 1. The monoisotopic (exact) mass is 239 g/mol. The Hall–Kier alpha value is -1.32. The summed E-state index contributed by atoms with van der Waals surface area (Å²) in [7, 11) is 0. The Labute approximate surface area is 97.9 Å². The lowest BCUT2D eigenvalue weighted by Crippen LogP contribution is -1.98. The van der Waals surface area contributed by atoms with Gasteiger partial charge in [-0.2, -0.15) is 0 Å². The maximum atomic E-state index is 13.0. The Kier molecular flexibility index (Phi) is 3.27. The highest BCUT2D eigenvalue weighted by atomic mass is 35.5. The number of hydrogen-bond donors (Lipinski definition) is 1. The van der Waals surface area contributed by atoms with Crippen molar-refractivity contribution in [2.75, 3.05) is 0 Å². The van der Waals surface area contributed by atoms with Crippen LogP contribution in [0.5, 0.6) is 0 Å². The van der Waals surface area contributed by atoms with E-state index in [2.05, 4.69) is 0 Å². The Balaban J connectivity index is 2.22. The molecule has 2 rings (SSSR count). The molecule has 0 radical (unpaired) electrons. The second-order valence-electron chi connectivity index (χ2n) is 3.59. The van der Waals surface area contributed by atoms with Gasteiger partial charge in [-0.3, -0.25) is 0 Å². The fourth-order valence-corrected chi connectivity index (χ4v) is 1.72. The topological polar surface area (TPSA) is 25.2 Å². The van der Waals surface area contributed by atoms with Gasteiger partial charge in [-0.15, -0.1) is 0 Å². The third-order valence-electron chi connectivity index (χ3n) is 2.35. The van der Waals surface area contributed by atoms with Gasteiger partial charge in [0, 0.05) is 24.0 Å². The van der Waals surface area contributed by atoms with Crippen molar-refractivity contribution in [3.63, 3.8) is 0 Å². The molecule has 0 aliphatic rings. The van der Waals surface area contributed by atoms with Crippen LogP contribution in [0.3, 0.4) is 0 Å². The minimum atomic E-state index is -0.297. The fourth-order valence-electron chi connectivity index (χ4n) is 1.54. The van der Waals surface area contributed by atoms with E-state index in [1.54, 1.807) is 12.3 Å². The molecule has 0 saturated carbocycles. The van der Waals surface area contributed by atoms with E-state index in [1.165, 1.54) is 12.1 Å². The summed E-state index contributed by atoms with van der Waals surface area (Å²) in [4.78, 5) is 0. The van der Waals surface area contributed by atoms with Crippen LogP contribution in [0.2, 0.25) is 5.02 Å². The van der Waals surface area contributed by atoms with E-state index in [4.69, 9.17) is 16.7 Å². The van der Waals surface area contributed by atoms with E-state index in [1.807, 2.05) is 16.8 Å². The molecule has 0 atom stereocenters. The van der Waals surface area contributed by atoms with Crippen molar-refractivity contribution in [3.8, 4) is 0 Å². The van der Waals surface area contributed by atoms with Crippen molar-refractivity contribution in [1.29, 1.82) is 0 Å². The molecule has 0 aliphatic carbocycles. The molecule has 0 saturated heterocycles. The van der Waals surface area contributed by atoms with Crippen molar-refractivity contribution < 1.29 is 9.50 Å². The highest BCUT2D eigenvalue weighted by molar-refractivity contribution is 6.31. The SMILES string of the molecule is OCc1ccn(Cc2cc(F)ccc2Cl)c1. The number of aliphatic hydroxyl groups excluding tert-OH is 1. The first-order chi connectivity index (χ1) is 7.69. The smallest absolute Gasteiger partial charge is 0.123 e. The van der Waals surface area contributed by atoms with Crippen LogP contribution in [0.25, 0.3) is 0 Å². The Morgan fingerprint density at radius 2 is 2.12 bits per heavy atom. The van der Waals surface area contributed by atoms with Crippen LogP contribution < -0.4 is 0 Å². The molecule has 4 heteroatoms. The molecule has 84 valence electrons. The molecule has 1 aromatic heterocycles. The highest BCUT2D eigenvalue weighted by Crippen LogP contribution is 2.18. The number of hydrogen-bond acceptors (Lipinski definition) is 1. The zero-order valence-corrected chi connectivity index (χ0v) is 9.28. The summed E-state index contributed by atoms with van der Waals surface area (Å²) in [6, 6.07) is 6.11. The standard InChI is InChI=1S/C12H11ClFNO/c13-12-2-1-11(14)5-10(12)7-15-4-3-9(6-15)8-16/h1-6,16H,7-8H2. The molecule has 0 unspecified atom stereocenters. The lowest BCUT2D eigenvalue weighted by atomic mass is 10.2. The van der Waals surface area contributed by atoms with Gasteiger partial charge >= 0.3 is 0 Å². The summed E-state index contributed by atoms with van der Waals surface area (Å²) in [5.41, 5.74) is 1.55. The molecule has 0 fully saturated rings. The van der Waals surface area contributed by atoms with Crippen LogP contribution in [0.4, 0.5) is 4.39 Å². The number of aromatic nitrogens is 1. The number of nitrogens with zero attached hydrogens (tertiary/aromatic N) is 1. The van der Waals surface area contributed by atoms with Crippen LogP contribution in [0.15, 0.2) is 36.7 Å². The first-order valence-electron chi connectivity index (χ1n) is 4.88. The third-order valence-corrected chi connectivity index (χ3v) is 2.72. The minimum Gasteiger partial charge on any atom is -0.392 e. The summed E-state index contributed by atoms with van der Waals surface area (Å²) in [6.07, 6.45) is 3.63. The first kappa shape index (κ1) is 11.2. The van der Waals surface area contributed by atoms with Gasteiger partial charge in [-0.05, 0) is 35.4 Å². The van der Waals surface area contributed by atoms with E-state index in [-0.39, 0.29) is 12.4 Å². The molecule has 1 aromatic carbocycles. The maximum Gasteiger partial charge on any atom is 0.123 e. The number of halogens is 2. The van der Waals surface area contributed by atoms with Gasteiger partial charge in [0.2, 0.25) is 0 Å². The van der Waals surface area contributed by atoms with Gasteiger partial charge < -0.3 is 9.67 Å². The van der Waals surface area contributed by atoms with Gasteiger partial charge in [0.15, 0.2) is 0 Å². The molecule has 0 aliphatic heterocycles. The predicted molar refractivity (Wildman–Crippen MR) is 60.9 cm³/mol. The van der Waals surface area contributed by atoms with Crippen LogP contribution in [0, 0.1) is 5.82 Å². The van der Waals surface area contributed by atoms with E-state index in [0.29, 0.717) is 11.6 Å². The summed E-state index contributed by atoms with van der Waals surface area (Å²) in [5.74, 6) is -0.297. The number of aliphatic hydroxyl groups is 1. The van der Waals surface area contributed by atoms with Crippen molar-refractivity contribution >= 4 is 11.6 Å². The molecule has 16 heavy (non-hydrogen) atoms. The van der Waals surface area contributed by atoms with Crippen LogP contribution in [0.1, 0.15) is 11.1 Å². The zero-order valence-electron chi connectivity index (χ0n) is 8.53. The predicted octanol–water partition coefficient (Wildman–Crippen LogP) is 2.82. The second-order valence-corrected chi connectivity index (χ2v) is 3.99. The van der Waals surface area contributed by atoms with E-state index < -0.39 is 0 Å². The van der Waals surface area contributed by atoms with E-state index in [9.17, 15) is 4.39 Å². The fraction of sp³-hybridized carbons (Fsp3) is 0.167. The van der Waals surface area contributed by atoms with Gasteiger partial charge in [0.05, 0.1) is 6.61 Å². The lowest BCUT2D eigenvalue weighted by molar-refractivity contribution is 0.282. The second kappa shape index (κ2) is 4.68. The van der Waals surface area contributed by atoms with Gasteiger partial charge in [-0.1, -0.05) is 11.6 Å². The normalized spacial score (nSPS) is 10.7. The van der Waals surface area contributed by atoms with Gasteiger partial charge in [-0.25, -0.2) is 4.39 Å². The van der Waals surface area contributed by atoms with Crippen LogP contribution >= 0.6 is 11.6 Å². The third kappa shape index (κ3) is 2.43. The van der Waals surface area contributed by atoms with Crippen molar-refractivity contribution in [2.24, 2.45) is 0 Å². The number of rotatable bonds is 3. The average Bonchev–Trinajstić information content (AvgIpc) is 2.71. The largest absolute Gasteiger partial charge is 0.392 e. The molecule has 1 heterocycles. The molecule has 2 nitrogen and oxygen atoms in total. The van der Waals surface area contributed by atoms with E-state index in [0.717, 1.165) is 11.1 Å². The molecular formula is C12H11ClFNO. The molecule has 0 spiro atoms. The molecule has 1 N–H and O–H groups in total. The van der Waals surface area contributed by atoms with Gasteiger partial charge in [0.25, 0.3) is 0 Å². The van der Waals surface area contributed by atoms with Crippen LogP contribution in [-0.4, -0.2) is 9.67 Å². The Morgan fingerprint density at radius 3 is 2.81 bits per heavy atom. The molecule has 0 amide bonds. The zero-order chi connectivity index (χ0) is 11.5. The summed E-state index contributed by atoms with van der Waals surface area (Å²) >= 11 is 5.96. The van der Waals surface area contributed by atoms with Crippen molar-refractivity contribution in [3.05, 3.63) is 58.6 Å². The molecular weight excluding hydrogens is 229 g/mol. The van der Waals surface area contributed by atoms with E-state index >= 15 is 0 Å². The van der Waals surface area contributed by atoms with Gasteiger partial charge in [0.1, 0.15) is 5.82 Å². The molecule has 2 aromatic rings.